The van der Waals surface area contributed by atoms with Crippen molar-refractivity contribution in [3.63, 3.8) is 0 Å². The van der Waals surface area contributed by atoms with Crippen LogP contribution >= 0.6 is 15.9 Å². The van der Waals surface area contributed by atoms with Crippen molar-refractivity contribution in [2.75, 3.05) is 11.9 Å². The fourth-order valence-electron chi connectivity index (χ4n) is 2.63. The molecule has 18 heavy (non-hydrogen) atoms. The molecule has 0 aliphatic carbocycles. The number of halogens is 1. The molecule has 1 aliphatic rings. The second-order valence-electron chi connectivity index (χ2n) is 6.91. The van der Waals surface area contributed by atoms with E-state index in [1.54, 1.807) is 6.92 Å². The lowest BCUT2D eigenvalue weighted by atomic mass is 9.80. The lowest BCUT2D eigenvalue weighted by Gasteiger charge is -2.51. The molecule has 1 rings (SSSR count). The molecule has 1 atom stereocenters. The number of aliphatic hydroxyl groups is 1. The first-order valence-corrected chi connectivity index (χ1v) is 7.51. The Hall–Kier alpha value is 0.320. The van der Waals surface area contributed by atoms with Crippen molar-refractivity contribution in [2.24, 2.45) is 0 Å². The monoisotopic (exact) mass is 323 g/mol. The summed E-state index contributed by atoms with van der Waals surface area (Å²) in [5.41, 5.74) is -1.47. The van der Waals surface area contributed by atoms with Crippen LogP contribution in [0.5, 0.6) is 0 Å². The molecule has 1 unspecified atom stereocenters. The summed E-state index contributed by atoms with van der Waals surface area (Å²) in [6.45, 7) is 10.1. The Bertz CT molecular complexity index is 274. The van der Waals surface area contributed by atoms with Gasteiger partial charge in [-0.05, 0) is 47.5 Å². The molecular formula is C13H26BrNO3. The third-order valence-electron chi connectivity index (χ3n) is 3.52. The summed E-state index contributed by atoms with van der Waals surface area (Å²) in [5, 5.41) is 22.0. The highest BCUT2D eigenvalue weighted by atomic mass is 79.9. The maximum atomic E-state index is 10.2. The van der Waals surface area contributed by atoms with E-state index in [1.165, 1.54) is 5.06 Å². The van der Waals surface area contributed by atoms with E-state index in [0.29, 0.717) is 11.9 Å². The normalized spacial score (nSPS) is 28.0. The maximum absolute atomic E-state index is 10.2. The highest BCUT2D eigenvalue weighted by Crippen LogP contribution is 2.38. The van der Waals surface area contributed by atoms with E-state index in [4.69, 9.17) is 4.74 Å². The van der Waals surface area contributed by atoms with E-state index in [2.05, 4.69) is 15.9 Å². The highest BCUT2D eigenvalue weighted by molar-refractivity contribution is 9.09. The van der Waals surface area contributed by atoms with E-state index < -0.39 is 5.60 Å². The smallest absolute Gasteiger partial charge is 0.0948 e. The second kappa shape index (κ2) is 5.37. The van der Waals surface area contributed by atoms with Gasteiger partial charge in [0.25, 0.3) is 0 Å². The molecule has 0 bridgehead atoms. The van der Waals surface area contributed by atoms with Crippen LogP contribution in [0.3, 0.4) is 0 Å². The van der Waals surface area contributed by atoms with Crippen LogP contribution < -0.4 is 0 Å². The third kappa shape index (κ3) is 3.90. The Kier molecular flexibility index (Phi) is 4.88. The van der Waals surface area contributed by atoms with Gasteiger partial charge in [0, 0.05) is 16.4 Å². The van der Waals surface area contributed by atoms with Crippen molar-refractivity contribution < 1.29 is 15.1 Å². The van der Waals surface area contributed by atoms with E-state index in [1.807, 2.05) is 27.7 Å². The van der Waals surface area contributed by atoms with Crippen LogP contribution in [0.25, 0.3) is 0 Å². The summed E-state index contributed by atoms with van der Waals surface area (Å²) in [5.74, 6) is 0. The largest absolute Gasteiger partial charge is 0.387 e. The van der Waals surface area contributed by atoms with Gasteiger partial charge in [0.2, 0.25) is 0 Å². The third-order valence-corrected chi connectivity index (χ3v) is 4.73. The van der Waals surface area contributed by atoms with Gasteiger partial charge in [0.15, 0.2) is 0 Å². The van der Waals surface area contributed by atoms with Gasteiger partial charge in [-0.25, -0.2) is 0 Å². The van der Waals surface area contributed by atoms with Gasteiger partial charge in [0.1, 0.15) is 0 Å². The first-order valence-electron chi connectivity index (χ1n) is 6.39. The van der Waals surface area contributed by atoms with Gasteiger partial charge < -0.3 is 15.1 Å². The number of piperidine rings is 1. The van der Waals surface area contributed by atoms with Crippen LogP contribution in [0.4, 0.5) is 0 Å². The zero-order chi connectivity index (χ0) is 14.2. The van der Waals surface area contributed by atoms with Gasteiger partial charge in [-0.1, -0.05) is 15.9 Å². The molecule has 0 aromatic heterocycles. The summed E-state index contributed by atoms with van der Waals surface area (Å²) < 4.78 is 5.84. The van der Waals surface area contributed by atoms with Crippen LogP contribution in [-0.2, 0) is 4.74 Å². The standard InChI is InChI=1S/C13H26BrNO3/c1-11(2)6-10(7-12(3,4)15(11)17)18-9-13(5,16)8-14/h10,16-17H,6-9H2,1-5H3. The molecule has 0 aromatic rings. The zero-order valence-corrected chi connectivity index (χ0v) is 13.6. The number of hydroxylamine groups is 2. The summed E-state index contributed by atoms with van der Waals surface area (Å²) >= 11 is 3.27. The molecule has 0 saturated carbocycles. The molecule has 1 saturated heterocycles. The molecule has 1 fully saturated rings. The van der Waals surface area contributed by atoms with Crippen LogP contribution in [0.15, 0.2) is 0 Å². The Morgan fingerprint density at radius 3 is 2.11 bits per heavy atom. The van der Waals surface area contributed by atoms with Crippen LogP contribution in [0, 0.1) is 0 Å². The molecule has 4 nitrogen and oxygen atoms in total. The van der Waals surface area contributed by atoms with Gasteiger partial charge >= 0.3 is 0 Å². The topological polar surface area (TPSA) is 52.9 Å². The number of hydrogen-bond acceptors (Lipinski definition) is 4. The minimum absolute atomic E-state index is 0.0592. The second-order valence-corrected chi connectivity index (χ2v) is 7.47. The number of alkyl halides is 1. The predicted octanol–water partition coefficient (Wildman–Crippen LogP) is 2.56. The maximum Gasteiger partial charge on any atom is 0.0948 e. The van der Waals surface area contributed by atoms with Gasteiger partial charge in [0.05, 0.1) is 18.3 Å². The molecule has 2 N–H and O–H groups in total. The van der Waals surface area contributed by atoms with E-state index >= 15 is 0 Å². The van der Waals surface area contributed by atoms with Gasteiger partial charge in [-0.15, -0.1) is 0 Å². The first kappa shape index (κ1) is 16.4. The summed E-state index contributed by atoms with van der Waals surface area (Å²) in [6.07, 6.45) is 1.57. The number of nitrogens with zero attached hydrogens (tertiary/aromatic N) is 1. The average molecular weight is 324 g/mol. The summed E-state index contributed by atoms with van der Waals surface area (Å²) in [6, 6.07) is 0. The molecule has 1 heterocycles. The Morgan fingerprint density at radius 1 is 1.28 bits per heavy atom. The first-order chi connectivity index (χ1) is 8.00. The van der Waals surface area contributed by atoms with Crippen molar-refractivity contribution in [3.8, 4) is 0 Å². The minimum Gasteiger partial charge on any atom is -0.387 e. The van der Waals surface area contributed by atoms with Crippen molar-refractivity contribution in [1.82, 2.24) is 5.06 Å². The van der Waals surface area contributed by atoms with Crippen LogP contribution in [-0.4, -0.2) is 50.1 Å². The fraction of sp³-hybridized carbons (Fsp3) is 1.00. The highest BCUT2D eigenvalue weighted by Gasteiger charge is 2.45. The molecule has 108 valence electrons. The molecule has 1 aliphatic heterocycles. The van der Waals surface area contributed by atoms with Crippen molar-refractivity contribution in [2.45, 2.75) is 70.2 Å². The van der Waals surface area contributed by atoms with Gasteiger partial charge in [-0.2, -0.15) is 5.06 Å². The molecule has 5 heteroatoms. The lowest BCUT2D eigenvalue weighted by molar-refractivity contribution is -0.263. The number of ether oxygens (including phenoxy) is 1. The van der Waals surface area contributed by atoms with Crippen LogP contribution in [0.1, 0.15) is 47.5 Å². The SMILES string of the molecule is CC(O)(CBr)COC1CC(C)(C)N(O)C(C)(C)C1. The van der Waals surface area contributed by atoms with Crippen molar-refractivity contribution in [3.05, 3.63) is 0 Å². The van der Waals surface area contributed by atoms with E-state index in [0.717, 1.165) is 12.8 Å². The number of hydrogen-bond donors (Lipinski definition) is 2. The Labute approximate surface area is 118 Å². The van der Waals surface area contributed by atoms with Crippen molar-refractivity contribution in [1.29, 1.82) is 0 Å². The molecular weight excluding hydrogens is 298 g/mol. The van der Waals surface area contributed by atoms with Gasteiger partial charge in [-0.3, -0.25) is 0 Å². The Balaban J connectivity index is 2.64. The predicted molar refractivity (Wildman–Crippen MR) is 75.2 cm³/mol. The van der Waals surface area contributed by atoms with Crippen molar-refractivity contribution >= 4 is 15.9 Å². The van der Waals surface area contributed by atoms with E-state index in [-0.39, 0.29) is 17.2 Å². The molecule has 0 radical (unpaired) electrons. The van der Waals surface area contributed by atoms with Crippen LogP contribution in [0.2, 0.25) is 0 Å². The average Bonchev–Trinajstić information content (AvgIpc) is 2.22. The lowest BCUT2D eigenvalue weighted by Crippen LogP contribution is -2.60. The molecule has 0 spiro atoms. The Morgan fingerprint density at radius 2 is 1.72 bits per heavy atom. The van der Waals surface area contributed by atoms with E-state index in [9.17, 15) is 10.3 Å². The molecule has 0 aromatic carbocycles. The number of rotatable bonds is 4. The quantitative estimate of drug-likeness (QED) is 0.781. The molecule has 0 amide bonds. The minimum atomic E-state index is -0.843. The fourth-order valence-corrected chi connectivity index (χ4v) is 2.79. The summed E-state index contributed by atoms with van der Waals surface area (Å²) in [4.78, 5) is 0. The zero-order valence-electron chi connectivity index (χ0n) is 12.0. The summed E-state index contributed by atoms with van der Waals surface area (Å²) in [7, 11) is 0.